The fourth-order valence-corrected chi connectivity index (χ4v) is 3.61. The van der Waals surface area contributed by atoms with E-state index in [-0.39, 0.29) is 29.4 Å². The van der Waals surface area contributed by atoms with Gasteiger partial charge in [-0.05, 0) is 17.5 Å². The molecule has 0 unspecified atom stereocenters. The number of carbonyl (C=O) groups excluding carboxylic acids is 1. The molecule has 0 radical (unpaired) electrons. The van der Waals surface area contributed by atoms with Crippen LogP contribution < -0.4 is 0 Å². The highest BCUT2D eigenvalue weighted by molar-refractivity contribution is 5.99. The monoisotopic (exact) mass is 456 g/mol. The molecule has 172 valence electrons. The van der Waals surface area contributed by atoms with Crippen molar-refractivity contribution in [2.24, 2.45) is 7.05 Å². The number of aryl methyl sites for hydroxylation is 1. The van der Waals surface area contributed by atoms with Gasteiger partial charge in [-0.1, -0.05) is 38.1 Å². The molecule has 0 atom stereocenters. The summed E-state index contributed by atoms with van der Waals surface area (Å²) < 4.78 is 43.8. The van der Waals surface area contributed by atoms with Crippen molar-refractivity contribution in [3.8, 4) is 11.3 Å². The van der Waals surface area contributed by atoms with Crippen LogP contribution in [-0.2, 0) is 19.8 Å². The first-order valence-corrected chi connectivity index (χ1v) is 10.3. The normalized spacial score (nSPS) is 12.0. The molecule has 0 saturated carbocycles. The average Bonchev–Trinajstić information content (AvgIpc) is 3.37. The Balaban J connectivity index is 1.78. The van der Waals surface area contributed by atoms with Gasteiger partial charge in [0.2, 0.25) is 0 Å². The van der Waals surface area contributed by atoms with Crippen LogP contribution in [0.25, 0.3) is 16.9 Å². The summed E-state index contributed by atoms with van der Waals surface area (Å²) in [6, 6.07) is 8.16. The maximum Gasteiger partial charge on any atom is 0.433 e. The maximum absolute atomic E-state index is 13.8. The van der Waals surface area contributed by atoms with Crippen molar-refractivity contribution in [3.63, 3.8) is 0 Å². The fourth-order valence-electron chi connectivity index (χ4n) is 3.61. The molecule has 10 heteroatoms. The number of carbonyl (C=O) groups is 1. The Bertz CT molecular complexity index is 1300. The SMILES string of the molecule is CC(C)c1ccc(-c2cc(C(F)(F)F)n3ncc(C(=O)N(C)Cc4cnn(C)c4)c3n2)cc1. The Labute approximate surface area is 188 Å². The molecule has 0 saturated heterocycles. The smallest absolute Gasteiger partial charge is 0.337 e. The second kappa shape index (κ2) is 8.34. The number of hydrogen-bond donors (Lipinski definition) is 0. The predicted octanol–water partition coefficient (Wildman–Crippen LogP) is 4.54. The van der Waals surface area contributed by atoms with E-state index in [0.29, 0.717) is 10.1 Å². The van der Waals surface area contributed by atoms with Gasteiger partial charge in [0.05, 0.1) is 18.1 Å². The first-order valence-electron chi connectivity index (χ1n) is 10.3. The molecule has 4 rings (SSSR count). The Morgan fingerprint density at radius 3 is 2.39 bits per heavy atom. The highest BCUT2D eigenvalue weighted by Crippen LogP contribution is 2.33. The number of benzene rings is 1. The van der Waals surface area contributed by atoms with Crippen LogP contribution in [-0.4, -0.2) is 42.2 Å². The summed E-state index contributed by atoms with van der Waals surface area (Å²) in [7, 11) is 3.33. The topological polar surface area (TPSA) is 68.3 Å². The summed E-state index contributed by atoms with van der Waals surface area (Å²) >= 11 is 0. The second-order valence-corrected chi connectivity index (χ2v) is 8.28. The van der Waals surface area contributed by atoms with Gasteiger partial charge in [0.1, 0.15) is 5.56 Å². The van der Waals surface area contributed by atoms with Crippen molar-refractivity contribution in [3.05, 3.63) is 71.3 Å². The fraction of sp³-hybridized carbons (Fsp3) is 0.304. The summed E-state index contributed by atoms with van der Waals surface area (Å²) in [5.41, 5.74) is 1.35. The Morgan fingerprint density at radius 1 is 1.12 bits per heavy atom. The summed E-state index contributed by atoms with van der Waals surface area (Å²) in [5.74, 6) is -0.198. The van der Waals surface area contributed by atoms with Gasteiger partial charge in [0, 0.05) is 38.0 Å². The number of nitrogens with zero attached hydrogens (tertiary/aromatic N) is 6. The predicted molar refractivity (Wildman–Crippen MR) is 117 cm³/mol. The Morgan fingerprint density at radius 2 is 1.82 bits per heavy atom. The summed E-state index contributed by atoms with van der Waals surface area (Å²) in [4.78, 5) is 18.9. The number of halogens is 3. The molecule has 0 spiro atoms. The second-order valence-electron chi connectivity index (χ2n) is 8.28. The number of alkyl halides is 3. The molecule has 7 nitrogen and oxygen atoms in total. The van der Waals surface area contributed by atoms with E-state index in [0.717, 1.165) is 23.4 Å². The average molecular weight is 456 g/mol. The Kier molecular flexibility index (Phi) is 5.69. The van der Waals surface area contributed by atoms with E-state index in [1.54, 1.807) is 43.3 Å². The van der Waals surface area contributed by atoms with E-state index in [1.165, 1.54) is 4.90 Å². The van der Waals surface area contributed by atoms with Crippen LogP contribution in [0.3, 0.4) is 0 Å². The molecule has 4 aromatic rings. The van der Waals surface area contributed by atoms with E-state index in [4.69, 9.17) is 0 Å². The third-order valence-electron chi connectivity index (χ3n) is 5.39. The summed E-state index contributed by atoms with van der Waals surface area (Å²) in [5, 5.41) is 7.91. The van der Waals surface area contributed by atoms with Crippen LogP contribution in [0.4, 0.5) is 13.2 Å². The summed E-state index contributed by atoms with van der Waals surface area (Å²) in [6.07, 6.45) is -0.162. The van der Waals surface area contributed by atoms with Crippen LogP contribution in [0, 0.1) is 0 Å². The maximum atomic E-state index is 13.8. The number of aromatic nitrogens is 5. The van der Waals surface area contributed by atoms with Crippen molar-refractivity contribution in [1.29, 1.82) is 0 Å². The van der Waals surface area contributed by atoms with Crippen LogP contribution in [0.2, 0.25) is 0 Å². The third kappa shape index (κ3) is 4.46. The molecule has 0 N–H and O–H groups in total. The molecular formula is C23H23F3N6O. The van der Waals surface area contributed by atoms with Gasteiger partial charge in [-0.15, -0.1) is 0 Å². The molecule has 1 aromatic carbocycles. The van der Waals surface area contributed by atoms with Gasteiger partial charge in [0.25, 0.3) is 5.91 Å². The Hall–Kier alpha value is -3.69. The zero-order chi connectivity index (χ0) is 23.9. The van der Waals surface area contributed by atoms with Crippen molar-refractivity contribution < 1.29 is 18.0 Å². The standard InChI is InChI=1S/C23H23F3N6O/c1-14(2)16-5-7-17(8-6-16)19-9-20(23(24,25)26)32-21(29-19)18(11-28-32)22(33)30(3)12-15-10-27-31(4)13-15/h5-11,13-14H,12H2,1-4H3. The van der Waals surface area contributed by atoms with E-state index in [2.05, 4.69) is 15.2 Å². The van der Waals surface area contributed by atoms with Crippen LogP contribution in [0.1, 0.15) is 46.9 Å². The van der Waals surface area contributed by atoms with Crippen molar-refractivity contribution in [2.45, 2.75) is 32.5 Å². The van der Waals surface area contributed by atoms with Gasteiger partial charge in [-0.2, -0.15) is 23.4 Å². The van der Waals surface area contributed by atoms with Gasteiger partial charge < -0.3 is 4.90 Å². The molecule has 33 heavy (non-hydrogen) atoms. The molecule has 0 aliphatic carbocycles. The van der Waals surface area contributed by atoms with Crippen molar-refractivity contribution >= 4 is 11.6 Å². The van der Waals surface area contributed by atoms with Gasteiger partial charge >= 0.3 is 6.18 Å². The minimum Gasteiger partial charge on any atom is -0.337 e. The minimum absolute atomic E-state index is 0.00691. The number of hydrogen-bond acceptors (Lipinski definition) is 4. The molecule has 0 fully saturated rings. The lowest BCUT2D eigenvalue weighted by molar-refractivity contribution is -0.142. The number of fused-ring (bicyclic) bond motifs is 1. The third-order valence-corrected chi connectivity index (χ3v) is 5.39. The van der Waals surface area contributed by atoms with Gasteiger partial charge in [-0.3, -0.25) is 9.48 Å². The largest absolute Gasteiger partial charge is 0.433 e. The van der Waals surface area contributed by atoms with E-state index in [9.17, 15) is 18.0 Å². The van der Waals surface area contributed by atoms with Gasteiger partial charge in [0.15, 0.2) is 11.3 Å². The molecular weight excluding hydrogens is 433 g/mol. The van der Waals surface area contributed by atoms with Crippen molar-refractivity contribution in [1.82, 2.24) is 29.3 Å². The zero-order valence-corrected chi connectivity index (χ0v) is 18.6. The lowest BCUT2D eigenvalue weighted by atomic mass is 10.0. The molecule has 3 aromatic heterocycles. The molecule has 1 amide bonds. The lowest BCUT2D eigenvalue weighted by Gasteiger charge is -2.16. The highest BCUT2D eigenvalue weighted by atomic mass is 19.4. The van der Waals surface area contributed by atoms with E-state index >= 15 is 0 Å². The van der Waals surface area contributed by atoms with Crippen LogP contribution >= 0.6 is 0 Å². The number of amides is 1. The molecule has 0 aliphatic heterocycles. The lowest BCUT2D eigenvalue weighted by Crippen LogP contribution is -2.26. The van der Waals surface area contributed by atoms with Crippen LogP contribution in [0.5, 0.6) is 0 Å². The quantitative estimate of drug-likeness (QED) is 0.442. The van der Waals surface area contributed by atoms with E-state index < -0.39 is 17.8 Å². The molecule has 3 heterocycles. The first-order chi connectivity index (χ1) is 15.5. The minimum atomic E-state index is -4.68. The van der Waals surface area contributed by atoms with E-state index in [1.807, 2.05) is 26.0 Å². The zero-order valence-electron chi connectivity index (χ0n) is 18.6. The van der Waals surface area contributed by atoms with Crippen LogP contribution in [0.15, 0.2) is 48.9 Å². The molecule has 0 aliphatic rings. The first kappa shape index (κ1) is 22.5. The molecule has 0 bridgehead atoms. The van der Waals surface area contributed by atoms with Gasteiger partial charge in [-0.25, -0.2) is 9.50 Å². The number of rotatable bonds is 5. The highest BCUT2D eigenvalue weighted by Gasteiger charge is 2.36. The summed E-state index contributed by atoms with van der Waals surface area (Å²) in [6.45, 7) is 4.31. The van der Waals surface area contributed by atoms with Crippen molar-refractivity contribution in [2.75, 3.05) is 7.05 Å².